The second kappa shape index (κ2) is 10.6. The van der Waals surface area contributed by atoms with Crippen molar-refractivity contribution in [2.75, 3.05) is 23.8 Å². The molecule has 0 saturated carbocycles. The third-order valence-corrected chi connectivity index (χ3v) is 6.44. The first-order valence-electron chi connectivity index (χ1n) is 10.7. The first-order valence-corrected chi connectivity index (χ1v) is 11.9. The molecule has 1 aliphatic heterocycles. The molecule has 0 aliphatic carbocycles. The number of urea groups is 1. The Kier molecular flexibility index (Phi) is 7.39. The van der Waals surface area contributed by atoms with E-state index in [4.69, 9.17) is 16.3 Å². The molecule has 176 valence electrons. The van der Waals surface area contributed by atoms with Crippen LogP contribution in [0.2, 0.25) is 5.02 Å². The van der Waals surface area contributed by atoms with Crippen molar-refractivity contribution < 1.29 is 19.1 Å². The van der Waals surface area contributed by atoms with Crippen molar-refractivity contribution in [3.8, 4) is 0 Å². The molecule has 2 aromatic carbocycles. The number of nitrogens with zero attached hydrogens (tertiary/aromatic N) is 3. The van der Waals surface area contributed by atoms with E-state index in [0.29, 0.717) is 34.4 Å². The van der Waals surface area contributed by atoms with Gasteiger partial charge in [0.1, 0.15) is 5.01 Å². The van der Waals surface area contributed by atoms with Gasteiger partial charge in [-0.05, 0) is 50.1 Å². The molecule has 1 saturated heterocycles. The van der Waals surface area contributed by atoms with Gasteiger partial charge < -0.3 is 20.3 Å². The molecule has 0 bridgehead atoms. The molecule has 0 spiro atoms. The highest BCUT2D eigenvalue weighted by Crippen LogP contribution is 2.34. The van der Waals surface area contributed by atoms with Gasteiger partial charge in [0.2, 0.25) is 5.01 Å². The molecule has 1 unspecified atom stereocenters. The summed E-state index contributed by atoms with van der Waals surface area (Å²) in [5.74, 6) is -0.903. The summed E-state index contributed by atoms with van der Waals surface area (Å²) in [7, 11) is 0. The number of nitrogens with one attached hydrogen (secondary N) is 2. The number of anilines is 2. The maximum absolute atomic E-state index is 13.1. The molecular formula is C23H22ClN5O4S. The number of esters is 1. The van der Waals surface area contributed by atoms with Gasteiger partial charge in [0, 0.05) is 17.3 Å². The van der Waals surface area contributed by atoms with E-state index < -0.39 is 11.9 Å². The Balaban J connectivity index is 1.46. The highest BCUT2D eigenvalue weighted by molar-refractivity contribution is 7.13. The summed E-state index contributed by atoms with van der Waals surface area (Å²) in [5, 5.41) is 15.0. The van der Waals surface area contributed by atoms with E-state index in [2.05, 4.69) is 20.8 Å². The van der Waals surface area contributed by atoms with Crippen LogP contribution in [0.15, 0.2) is 48.5 Å². The van der Waals surface area contributed by atoms with Gasteiger partial charge in [-0.15, -0.1) is 10.2 Å². The second-order valence-corrected chi connectivity index (χ2v) is 8.90. The minimum atomic E-state index is -0.504. The average Bonchev–Trinajstić information content (AvgIpc) is 3.49. The van der Waals surface area contributed by atoms with E-state index in [1.165, 1.54) is 0 Å². The lowest BCUT2D eigenvalue weighted by atomic mass is 10.2. The Morgan fingerprint density at radius 2 is 1.97 bits per heavy atom. The van der Waals surface area contributed by atoms with Gasteiger partial charge in [-0.25, -0.2) is 9.59 Å². The molecule has 1 aromatic heterocycles. The van der Waals surface area contributed by atoms with Gasteiger partial charge in [-0.2, -0.15) is 0 Å². The zero-order valence-electron chi connectivity index (χ0n) is 18.3. The number of benzene rings is 2. The number of hydrogen-bond donors (Lipinski definition) is 2. The highest BCUT2D eigenvalue weighted by atomic mass is 35.5. The van der Waals surface area contributed by atoms with Crippen LogP contribution in [-0.2, 0) is 4.74 Å². The molecule has 2 N–H and O–H groups in total. The van der Waals surface area contributed by atoms with E-state index in [1.807, 2.05) is 0 Å². The quantitative estimate of drug-likeness (QED) is 0.462. The predicted molar refractivity (Wildman–Crippen MR) is 129 cm³/mol. The van der Waals surface area contributed by atoms with Gasteiger partial charge in [0.15, 0.2) is 0 Å². The third kappa shape index (κ3) is 5.35. The third-order valence-electron chi connectivity index (χ3n) is 5.18. The molecule has 4 rings (SSSR count). The lowest BCUT2D eigenvalue weighted by Crippen LogP contribution is -2.34. The van der Waals surface area contributed by atoms with Crippen LogP contribution in [0.1, 0.15) is 51.0 Å². The normalized spacial score (nSPS) is 15.1. The Morgan fingerprint density at radius 3 is 2.76 bits per heavy atom. The number of carbonyl (C=O) groups is 3. The number of ether oxygens (including phenoxy) is 1. The lowest BCUT2D eigenvalue weighted by molar-refractivity contribution is 0.0527. The van der Waals surface area contributed by atoms with Crippen molar-refractivity contribution in [2.24, 2.45) is 0 Å². The Hall–Kier alpha value is -3.50. The number of rotatable bonds is 6. The van der Waals surface area contributed by atoms with Crippen LogP contribution >= 0.6 is 22.9 Å². The van der Waals surface area contributed by atoms with E-state index >= 15 is 0 Å². The highest BCUT2D eigenvalue weighted by Gasteiger charge is 2.33. The zero-order valence-corrected chi connectivity index (χ0v) is 19.9. The fraction of sp³-hybridized carbons (Fsp3) is 0.261. The molecule has 3 aromatic rings. The van der Waals surface area contributed by atoms with Crippen molar-refractivity contribution in [3.05, 3.63) is 69.1 Å². The van der Waals surface area contributed by atoms with Crippen LogP contribution in [0.25, 0.3) is 0 Å². The van der Waals surface area contributed by atoms with Crippen LogP contribution in [0.4, 0.5) is 16.2 Å². The van der Waals surface area contributed by atoms with Crippen LogP contribution < -0.4 is 10.6 Å². The second-order valence-electron chi connectivity index (χ2n) is 7.46. The topological polar surface area (TPSA) is 114 Å². The Morgan fingerprint density at radius 1 is 1.15 bits per heavy atom. The van der Waals surface area contributed by atoms with Crippen molar-refractivity contribution in [3.63, 3.8) is 0 Å². The van der Waals surface area contributed by atoms with Crippen LogP contribution in [0.5, 0.6) is 0 Å². The predicted octanol–water partition coefficient (Wildman–Crippen LogP) is 4.99. The van der Waals surface area contributed by atoms with Crippen molar-refractivity contribution in [1.29, 1.82) is 0 Å². The Bertz CT molecular complexity index is 1220. The number of carbonyl (C=O) groups excluding carboxylic acids is 3. The summed E-state index contributed by atoms with van der Waals surface area (Å²) < 4.78 is 5.07. The molecule has 1 fully saturated rings. The smallest absolute Gasteiger partial charge is 0.340 e. The largest absolute Gasteiger partial charge is 0.462 e. The maximum atomic E-state index is 13.1. The summed E-state index contributed by atoms with van der Waals surface area (Å²) in [6.45, 7) is 2.47. The van der Waals surface area contributed by atoms with Crippen molar-refractivity contribution in [1.82, 2.24) is 15.1 Å². The summed E-state index contributed by atoms with van der Waals surface area (Å²) in [5.41, 5.74) is 1.20. The average molecular weight is 500 g/mol. The standard InChI is InChI=1S/C23H22ClN5O4S/c1-2-33-22(31)16-9-3-4-10-17(16)26-23(32)29-12-6-11-18(29)20-27-28-21(34-20)19(30)25-15-8-5-7-14(24)13-15/h3-5,7-10,13,18H,2,6,11-12H2,1H3,(H,25,30)(H,26,32). The number of amides is 3. The minimum Gasteiger partial charge on any atom is -0.462 e. The van der Waals surface area contributed by atoms with E-state index in [1.54, 1.807) is 60.4 Å². The number of para-hydroxylation sites is 1. The zero-order chi connectivity index (χ0) is 24.1. The van der Waals surface area contributed by atoms with Gasteiger partial charge in [0.05, 0.1) is 23.9 Å². The van der Waals surface area contributed by atoms with E-state index in [0.717, 1.165) is 17.8 Å². The monoisotopic (exact) mass is 499 g/mol. The fourth-order valence-electron chi connectivity index (χ4n) is 3.64. The van der Waals surface area contributed by atoms with E-state index in [-0.39, 0.29) is 29.3 Å². The van der Waals surface area contributed by atoms with Crippen LogP contribution in [0.3, 0.4) is 0 Å². The molecular weight excluding hydrogens is 478 g/mol. The van der Waals surface area contributed by atoms with Crippen LogP contribution in [-0.4, -0.2) is 46.2 Å². The molecule has 0 radical (unpaired) electrons. The fourth-order valence-corrected chi connectivity index (χ4v) is 4.72. The van der Waals surface area contributed by atoms with Crippen LogP contribution in [0, 0.1) is 0 Å². The summed E-state index contributed by atoms with van der Waals surface area (Å²) in [4.78, 5) is 39.5. The lowest BCUT2D eigenvalue weighted by Gasteiger charge is -2.23. The number of halogens is 1. The molecule has 34 heavy (non-hydrogen) atoms. The number of aromatic nitrogens is 2. The first kappa shape index (κ1) is 23.7. The minimum absolute atomic E-state index is 0.190. The van der Waals surface area contributed by atoms with Gasteiger partial charge in [0.25, 0.3) is 5.91 Å². The summed E-state index contributed by atoms with van der Waals surface area (Å²) >= 11 is 7.11. The van der Waals surface area contributed by atoms with Gasteiger partial charge >= 0.3 is 12.0 Å². The molecule has 3 amide bonds. The van der Waals surface area contributed by atoms with Gasteiger partial charge in [-0.1, -0.05) is 41.1 Å². The maximum Gasteiger partial charge on any atom is 0.340 e. The van der Waals surface area contributed by atoms with Crippen molar-refractivity contribution >= 4 is 52.2 Å². The van der Waals surface area contributed by atoms with E-state index in [9.17, 15) is 14.4 Å². The summed E-state index contributed by atoms with van der Waals surface area (Å²) in [6, 6.07) is 12.8. The molecule has 1 aliphatic rings. The number of hydrogen-bond acceptors (Lipinski definition) is 7. The first-order chi connectivity index (χ1) is 16.5. The molecule has 9 nitrogen and oxygen atoms in total. The molecule has 1 atom stereocenters. The molecule has 11 heteroatoms. The summed E-state index contributed by atoms with van der Waals surface area (Å²) in [6.07, 6.45) is 1.47. The van der Waals surface area contributed by atoms with Crippen molar-refractivity contribution in [2.45, 2.75) is 25.8 Å². The molecule has 2 heterocycles. The van der Waals surface area contributed by atoms with Gasteiger partial charge in [-0.3, -0.25) is 4.79 Å². The SMILES string of the molecule is CCOC(=O)c1ccccc1NC(=O)N1CCCC1c1nnc(C(=O)Nc2cccc(Cl)c2)s1. The Labute approximate surface area is 205 Å². The number of likely N-dealkylation sites (tertiary alicyclic amines) is 1.